The molecule has 1 aliphatic rings. The maximum Gasteiger partial charge on any atom is 0.225 e. The number of carbonyl (C=O) groups excluding carboxylic acids is 2. The van der Waals surface area contributed by atoms with Gasteiger partial charge in [0.25, 0.3) is 0 Å². The van der Waals surface area contributed by atoms with E-state index in [1.54, 1.807) is 19.1 Å². The minimum Gasteiger partial charge on any atom is -0.497 e. The quantitative estimate of drug-likeness (QED) is 0.794. The summed E-state index contributed by atoms with van der Waals surface area (Å²) < 4.78 is 10.8. The topological polar surface area (TPSA) is 67.9 Å². The SMILES string of the molecule is COc1ccc([C@@H]2CN(C(=O)C(C)C)C[C@H]2C(=O)NCC(C)C)c(OC)c1. The van der Waals surface area contributed by atoms with Crippen LogP contribution in [-0.4, -0.2) is 50.6 Å². The largest absolute Gasteiger partial charge is 0.497 e. The minimum absolute atomic E-state index is 0.00868. The van der Waals surface area contributed by atoms with Gasteiger partial charge >= 0.3 is 0 Å². The Morgan fingerprint density at radius 3 is 2.41 bits per heavy atom. The number of nitrogens with zero attached hydrogens (tertiary/aromatic N) is 1. The molecule has 2 rings (SSSR count). The number of nitrogens with one attached hydrogen (secondary N) is 1. The van der Waals surface area contributed by atoms with Gasteiger partial charge in [-0.25, -0.2) is 0 Å². The second kappa shape index (κ2) is 9.11. The van der Waals surface area contributed by atoms with Crippen LogP contribution in [0.1, 0.15) is 39.2 Å². The maximum absolute atomic E-state index is 12.9. The zero-order chi connectivity index (χ0) is 20.1. The van der Waals surface area contributed by atoms with Gasteiger partial charge in [0.15, 0.2) is 0 Å². The third-order valence-corrected chi connectivity index (χ3v) is 4.99. The molecule has 1 heterocycles. The van der Waals surface area contributed by atoms with Crippen LogP contribution in [0.3, 0.4) is 0 Å². The predicted molar refractivity (Wildman–Crippen MR) is 105 cm³/mol. The summed E-state index contributed by atoms with van der Waals surface area (Å²) >= 11 is 0. The lowest BCUT2D eigenvalue weighted by Crippen LogP contribution is -2.37. The van der Waals surface area contributed by atoms with E-state index < -0.39 is 0 Å². The highest BCUT2D eigenvalue weighted by atomic mass is 16.5. The van der Waals surface area contributed by atoms with Crippen LogP contribution in [0.4, 0.5) is 0 Å². The molecule has 0 bridgehead atoms. The fourth-order valence-electron chi connectivity index (χ4n) is 3.49. The average Bonchev–Trinajstić information content (AvgIpc) is 3.09. The van der Waals surface area contributed by atoms with Crippen molar-refractivity contribution < 1.29 is 19.1 Å². The Bertz CT molecular complexity index is 672. The van der Waals surface area contributed by atoms with Crippen molar-refractivity contribution in [3.05, 3.63) is 23.8 Å². The van der Waals surface area contributed by atoms with Crippen LogP contribution in [0.5, 0.6) is 11.5 Å². The third-order valence-electron chi connectivity index (χ3n) is 4.99. The van der Waals surface area contributed by atoms with Gasteiger partial charge in [0.2, 0.25) is 11.8 Å². The molecule has 1 aromatic carbocycles. The first kappa shape index (κ1) is 21.1. The van der Waals surface area contributed by atoms with E-state index in [2.05, 4.69) is 19.2 Å². The minimum atomic E-state index is -0.297. The molecule has 6 nitrogen and oxygen atoms in total. The van der Waals surface area contributed by atoms with Crippen LogP contribution in [0, 0.1) is 17.8 Å². The Balaban J connectivity index is 2.34. The smallest absolute Gasteiger partial charge is 0.225 e. The number of amides is 2. The van der Waals surface area contributed by atoms with E-state index in [-0.39, 0.29) is 29.6 Å². The van der Waals surface area contributed by atoms with Gasteiger partial charge in [0.1, 0.15) is 11.5 Å². The molecule has 27 heavy (non-hydrogen) atoms. The van der Waals surface area contributed by atoms with Crippen LogP contribution in [0.25, 0.3) is 0 Å². The van der Waals surface area contributed by atoms with Gasteiger partial charge in [-0.1, -0.05) is 33.8 Å². The molecule has 0 aliphatic carbocycles. The predicted octanol–water partition coefficient (Wildman–Crippen LogP) is 2.67. The molecule has 0 radical (unpaired) electrons. The Kier molecular flexibility index (Phi) is 7.11. The highest BCUT2D eigenvalue weighted by Gasteiger charge is 2.41. The number of hydrogen-bond acceptors (Lipinski definition) is 4. The Hall–Kier alpha value is -2.24. The molecular formula is C21H32N2O4. The normalized spacial score (nSPS) is 19.5. The van der Waals surface area contributed by atoms with Crippen molar-refractivity contribution in [2.75, 3.05) is 33.9 Å². The van der Waals surface area contributed by atoms with E-state index in [1.165, 1.54) is 0 Å². The van der Waals surface area contributed by atoms with Crippen molar-refractivity contribution in [2.45, 2.75) is 33.6 Å². The monoisotopic (exact) mass is 376 g/mol. The molecule has 0 unspecified atom stereocenters. The average molecular weight is 376 g/mol. The lowest BCUT2D eigenvalue weighted by atomic mass is 9.87. The van der Waals surface area contributed by atoms with Crippen LogP contribution in [0.15, 0.2) is 18.2 Å². The Morgan fingerprint density at radius 2 is 1.85 bits per heavy atom. The van der Waals surface area contributed by atoms with Gasteiger partial charge in [-0.2, -0.15) is 0 Å². The first-order valence-electron chi connectivity index (χ1n) is 9.56. The second-order valence-electron chi connectivity index (χ2n) is 7.86. The van der Waals surface area contributed by atoms with Crippen LogP contribution >= 0.6 is 0 Å². The van der Waals surface area contributed by atoms with E-state index in [4.69, 9.17) is 9.47 Å². The summed E-state index contributed by atoms with van der Waals surface area (Å²) in [7, 11) is 3.22. The van der Waals surface area contributed by atoms with Gasteiger partial charge in [-0.05, 0) is 12.0 Å². The molecule has 1 N–H and O–H groups in total. The molecule has 0 spiro atoms. The first-order chi connectivity index (χ1) is 12.8. The summed E-state index contributed by atoms with van der Waals surface area (Å²) in [5.74, 6) is 1.31. The Morgan fingerprint density at radius 1 is 1.15 bits per heavy atom. The van der Waals surface area contributed by atoms with Crippen LogP contribution < -0.4 is 14.8 Å². The molecule has 6 heteroatoms. The second-order valence-corrected chi connectivity index (χ2v) is 7.86. The molecule has 2 amide bonds. The number of ether oxygens (including phenoxy) is 2. The third kappa shape index (κ3) is 4.93. The summed E-state index contributed by atoms with van der Waals surface area (Å²) in [6, 6.07) is 5.63. The zero-order valence-corrected chi connectivity index (χ0v) is 17.2. The van der Waals surface area contributed by atoms with Gasteiger partial charge in [0.05, 0.1) is 20.1 Å². The van der Waals surface area contributed by atoms with Gasteiger partial charge in [-0.15, -0.1) is 0 Å². The van der Waals surface area contributed by atoms with E-state index in [1.807, 2.05) is 32.0 Å². The highest BCUT2D eigenvalue weighted by molar-refractivity contribution is 5.84. The van der Waals surface area contributed by atoms with Gasteiger partial charge < -0.3 is 19.7 Å². The summed E-state index contributed by atoms with van der Waals surface area (Å²) in [5, 5.41) is 3.03. The number of methoxy groups -OCH3 is 2. The summed E-state index contributed by atoms with van der Waals surface area (Å²) in [6.45, 7) is 9.47. The molecule has 2 atom stereocenters. The van der Waals surface area contributed by atoms with Crippen LogP contribution in [0.2, 0.25) is 0 Å². The fourth-order valence-corrected chi connectivity index (χ4v) is 3.49. The molecule has 1 saturated heterocycles. The molecule has 1 fully saturated rings. The van der Waals surface area contributed by atoms with Gasteiger partial charge in [-0.3, -0.25) is 9.59 Å². The zero-order valence-electron chi connectivity index (χ0n) is 17.2. The van der Waals surface area contributed by atoms with Crippen molar-refractivity contribution in [3.8, 4) is 11.5 Å². The number of rotatable bonds is 7. The fraction of sp³-hybridized carbons (Fsp3) is 0.619. The molecule has 1 aromatic rings. The van der Waals surface area contributed by atoms with Crippen molar-refractivity contribution in [2.24, 2.45) is 17.8 Å². The van der Waals surface area contributed by atoms with E-state index in [0.29, 0.717) is 37.1 Å². The molecule has 150 valence electrons. The van der Waals surface area contributed by atoms with E-state index >= 15 is 0 Å². The lowest BCUT2D eigenvalue weighted by molar-refractivity contribution is -0.133. The number of hydrogen-bond donors (Lipinski definition) is 1. The summed E-state index contributed by atoms with van der Waals surface area (Å²) in [6.07, 6.45) is 0. The molecule has 0 saturated carbocycles. The highest BCUT2D eigenvalue weighted by Crippen LogP contribution is 2.39. The van der Waals surface area contributed by atoms with E-state index in [9.17, 15) is 9.59 Å². The van der Waals surface area contributed by atoms with Crippen molar-refractivity contribution >= 4 is 11.8 Å². The van der Waals surface area contributed by atoms with Crippen molar-refractivity contribution in [1.82, 2.24) is 10.2 Å². The van der Waals surface area contributed by atoms with Crippen molar-refractivity contribution in [1.29, 1.82) is 0 Å². The lowest BCUT2D eigenvalue weighted by Gasteiger charge is -2.21. The maximum atomic E-state index is 12.9. The Labute approximate surface area is 162 Å². The number of likely N-dealkylation sites (tertiary alicyclic amines) is 1. The van der Waals surface area contributed by atoms with E-state index in [0.717, 1.165) is 5.56 Å². The summed E-state index contributed by atoms with van der Waals surface area (Å²) in [4.78, 5) is 27.2. The number of carbonyl (C=O) groups is 2. The van der Waals surface area contributed by atoms with Gasteiger partial charge in [0, 0.05) is 43.1 Å². The summed E-state index contributed by atoms with van der Waals surface area (Å²) in [5.41, 5.74) is 0.932. The van der Waals surface area contributed by atoms with Crippen LogP contribution in [-0.2, 0) is 9.59 Å². The molecular weight excluding hydrogens is 344 g/mol. The molecule has 0 aromatic heterocycles. The molecule has 1 aliphatic heterocycles. The van der Waals surface area contributed by atoms with Crippen molar-refractivity contribution in [3.63, 3.8) is 0 Å². The standard InChI is InChI=1S/C21H32N2O4/c1-13(2)10-22-20(24)18-12-23(21(25)14(3)4)11-17(18)16-8-7-15(26-5)9-19(16)27-6/h7-9,13-14,17-18H,10-12H2,1-6H3,(H,22,24)/t17-,18+/m0/s1. The number of benzene rings is 1. The first-order valence-corrected chi connectivity index (χ1v) is 9.56.